The minimum Gasteiger partial charge on any atom is -0.478 e. The van der Waals surface area contributed by atoms with Gasteiger partial charge in [0.2, 0.25) is 0 Å². The molecule has 3 nitrogen and oxygen atoms in total. The van der Waals surface area contributed by atoms with Crippen LogP contribution < -0.4 is 0 Å². The molecule has 0 bridgehead atoms. The third kappa shape index (κ3) is 3.36. The number of pyridine rings is 1. The Morgan fingerprint density at radius 2 is 2.05 bits per heavy atom. The molecular weight excluding hydrogens is 326 g/mol. The lowest BCUT2D eigenvalue weighted by Crippen LogP contribution is -2.00. The van der Waals surface area contributed by atoms with E-state index in [9.17, 15) is 9.90 Å². The maximum absolute atomic E-state index is 11.3. The van der Waals surface area contributed by atoms with Crippen molar-refractivity contribution in [3.63, 3.8) is 0 Å². The van der Waals surface area contributed by atoms with Crippen LogP contribution in [0.2, 0.25) is 0 Å². The smallest absolute Gasteiger partial charge is 0.338 e. The van der Waals surface area contributed by atoms with E-state index in [4.69, 9.17) is 0 Å². The van der Waals surface area contributed by atoms with Crippen LogP contribution in [-0.2, 0) is 0 Å². The number of hydrogen-bond donors (Lipinski definition) is 1. The quantitative estimate of drug-likeness (QED) is 0.906. The first-order chi connectivity index (χ1) is 8.97. The molecule has 0 fully saturated rings. The molecule has 0 saturated heterocycles. The summed E-state index contributed by atoms with van der Waals surface area (Å²) in [5, 5.41) is 10.1. The molecule has 0 aliphatic carbocycles. The molecular formula is C14H12BrNO2S. The van der Waals surface area contributed by atoms with Gasteiger partial charge in [0.1, 0.15) is 5.03 Å². The Balaban J connectivity index is 2.43. The topological polar surface area (TPSA) is 50.2 Å². The molecule has 0 saturated carbocycles. The average Bonchev–Trinajstić information content (AvgIpc) is 2.26. The van der Waals surface area contributed by atoms with Crippen LogP contribution >= 0.6 is 27.7 Å². The summed E-state index contributed by atoms with van der Waals surface area (Å²) in [6.45, 7) is 3.92. The van der Waals surface area contributed by atoms with E-state index in [0.717, 1.165) is 16.3 Å². The maximum Gasteiger partial charge on any atom is 0.338 e. The van der Waals surface area contributed by atoms with E-state index < -0.39 is 5.97 Å². The van der Waals surface area contributed by atoms with Crippen LogP contribution in [0.1, 0.15) is 21.6 Å². The number of rotatable bonds is 3. The predicted molar refractivity (Wildman–Crippen MR) is 78.9 cm³/mol. The number of carboxylic acid groups (broad SMARTS) is 1. The van der Waals surface area contributed by atoms with Gasteiger partial charge in [-0.25, -0.2) is 9.78 Å². The molecule has 0 radical (unpaired) electrons. The minimum atomic E-state index is -0.945. The van der Waals surface area contributed by atoms with Gasteiger partial charge in [0.15, 0.2) is 0 Å². The Morgan fingerprint density at radius 1 is 1.32 bits per heavy atom. The zero-order valence-electron chi connectivity index (χ0n) is 10.5. The second kappa shape index (κ2) is 5.75. The first kappa shape index (κ1) is 14.1. The van der Waals surface area contributed by atoms with E-state index in [1.165, 1.54) is 11.8 Å². The van der Waals surface area contributed by atoms with Gasteiger partial charge in [0.25, 0.3) is 0 Å². The number of carbonyl (C=O) groups is 1. The fourth-order valence-electron chi connectivity index (χ4n) is 1.77. The maximum atomic E-state index is 11.3. The van der Waals surface area contributed by atoms with Gasteiger partial charge in [0.05, 0.1) is 5.56 Å². The highest BCUT2D eigenvalue weighted by atomic mass is 79.9. The molecule has 1 aromatic carbocycles. The minimum absolute atomic E-state index is 0.272. The van der Waals surface area contributed by atoms with E-state index in [-0.39, 0.29) is 5.56 Å². The van der Waals surface area contributed by atoms with Crippen LogP contribution in [0.5, 0.6) is 0 Å². The van der Waals surface area contributed by atoms with Crippen molar-refractivity contribution in [2.75, 3.05) is 0 Å². The second-order valence-electron chi connectivity index (χ2n) is 4.14. The first-order valence-electron chi connectivity index (χ1n) is 5.62. The van der Waals surface area contributed by atoms with Gasteiger partial charge in [-0.3, -0.25) is 0 Å². The molecule has 0 unspecified atom stereocenters. The molecule has 19 heavy (non-hydrogen) atoms. The first-order valence-corrected chi connectivity index (χ1v) is 7.23. The lowest BCUT2D eigenvalue weighted by Gasteiger charge is -2.08. The second-order valence-corrected chi connectivity index (χ2v) is 6.06. The highest BCUT2D eigenvalue weighted by Gasteiger charge is 2.15. The Morgan fingerprint density at radius 3 is 2.68 bits per heavy atom. The average molecular weight is 338 g/mol. The molecule has 0 atom stereocenters. The Kier molecular flexibility index (Phi) is 4.27. The van der Waals surface area contributed by atoms with Crippen molar-refractivity contribution in [3.8, 4) is 0 Å². The van der Waals surface area contributed by atoms with Crippen molar-refractivity contribution >= 4 is 33.7 Å². The van der Waals surface area contributed by atoms with Crippen LogP contribution in [-0.4, -0.2) is 16.1 Å². The number of aromatic carboxylic acids is 1. The van der Waals surface area contributed by atoms with Crippen molar-refractivity contribution in [2.45, 2.75) is 23.8 Å². The molecule has 0 amide bonds. The summed E-state index contributed by atoms with van der Waals surface area (Å²) in [6, 6.07) is 9.27. The van der Waals surface area contributed by atoms with Crippen molar-refractivity contribution in [2.24, 2.45) is 0 Å². The van der Waals surface area contributed by atoms with Gasteiger partial charge in [0, 0.05) is 15.1 Å². The molecule has 2 aromatic rings. The molecule has 0 aliphatic rings. The van der Waals surface area contributed by atoms with Crippen molar-refractivity contribution < 1.29 is 9.90 Å². The summed E-state index contributed by atoms with van der Waals surface area (Å²) >= 11 is 4.64. The molecule has 1 aromatic heterocycles. The SMILES string of the molecule is Cc1cc(C)nc(Sc2cccc(Br)c2C(=O)O)c1. The van der Waals surface area contributed by atoms with Crippen LogP contribution in [0.3, 0.4) is 0 Å². The van der Waals surface area contributed by atoms with E-state index in [1.54, 1.807) is 12.1 Å². The van der Waals surface area contributed by atoms with Crippen LogP contribution in [0.25, 0.3) is 0 Å². The van der Waals surface area contributed by atoms with Crippen molar-refractivity contribution in [1.82, 2.24) is 4.98 Å². The Bertz CT molecular complexity index is 623. The lowest BCUT2D eigenvalue weighted by molar-refractivity contribution is 0.0692. The van der Waals surface area contributed by atoms with Crippen LogP contribution in [0.15, 0.2) is 44.7 Å². The van der Waals surface area contributed by atoms with Crippen LogP contribution in [0, 0.1) is 13.8 Å². The van der Waals surface area contributed by atoms with Gasteiger partial charge in [-0.2, -0.15) is 0 Å². The highest BCUT2D eigenvalue weighted by molar-refractivity contribution is 9.10. The molecule has 5 heteroatoms. The summed E-state index contributed by atoms with van der Waals surface area (Å²) in [4.78, 5) is 16.4. The number of hydrogen-bond acceptors (Lipinski definition) is 3. The van der Waals surface area contributed by atoms with E-state index in [1.807, 2.05) is 32.0 Å². The third-order valence-corrected chi connectivity index (χ3v) is 4.12. The van der Waals surface area contributed by atoms with Gasteiger partial charge in [-0.15, -0.1) is 0 Å². The van der Waals surface area contributed by atoms with Gasteiger partial charge >= 0.3 is 5.97 Å². The molecule has 1 N–H and O–H groups in total. The van der Waals surface area contributed by atoms with E-state index >= 15 is 0 Å². The van der Waals surface area contributed by atoms with Crippen molar-refractivity contribution in [1.29, 1.82) is 0 Å². The summed E-state index contributed by atoms with van der Waals surface area (Å²) in [5.74, 6) is -0.945. The number of carboxylic acids is 1. The Hall–Kier alpha value is -1.33. The number of aryl methyl sites for hydroxylation is 2. The summed E-state index contributed by atoms with van der Waals surface area (Å²) < 4.78 is 0.578. The fourth-order valence-corrected chi connectivity index (χ4v) is 3.54. The summed E-state index contributed by atoms with van der Waals surface area (Å²) in [6.07, 6.45) is 0. The molecule has 98 valence electrons. The lowest BCUT2D eigenvalue weighted by atomic mass is 10.2. The highest BCUT2D eigenvalue weighted by Crippen LogP contribution is 2.33. The van der Waals surface area contributed by atoms with E-state index in [0.29, 0.717) is 9.37 Å². The van der Waals surface area contributed by atoms with Gasteiger partial charge in [-0.1, -0.05) is 17.8 Å². The standard InChI is InChI=1S/C14H12BrNO2S/c1-8-6-9(2)16-12(7-8)19-11-5-3-4-10(15)13(11)14(17)18/h3-7H,1-2H3,(H,17,18). The Labute approximate surface area is 124 Å². The number of aromatic nitrogens is 1. The van der Waals surface area contributed by atoms with Crippen LogP contribution in [0.4, 0.5) is 0 Å². The molecule has 1 heterocycles. The summed E-state index contributed by atoms with van der Waals surface area (Å²) in [7, 11) is 0. The molecule has 0 aliphatic heterocycles. The number of halogens is 1. The number of nitrogens with zero attached hydrogens (tertiary/aromatic N) is 1. The normalized spacial score (nSPS) is 10.5. The molecule has 0 spiro atoms. The fraction of sp³-hybridized carbons (Fsp3) is 0.143. The van der Waals surface area contributed by atoms with Gasteiger partial charge in [-0.05, 0) is 59.6 Å². The van der Waals surface area contributed by atoms with E-state index in [2.05, 4.69) is 20.9 Å². The largest absolute Gasteiger partial charge is 0.478 e. The van der Waals surface area contributed by atoms with Crippen molar-refractivity contribution in [3.05, 3.63) is 51.6 Å². The summed E-state index contributed by atoms with van der Waals surface area (Å²) in [5.41, 5.74) is 2.31. The predicted octanol–water partition coefficient (Wildman–Crippen LogP) is 4.31. The zero-order chi connectivity index (χ0) is 14.0. The zero-order valence-corrected chi connectivity index (χ0v) is 12.9. The monoisotopic (exact) mass is 337 g/mol. The number of benzene rings is 1. The molecule has 2 rings (SSSR count). The third-order valence-electron chi connectivity index (χ3n) is 2.48. The van der Waals surface area contributed by atoms with Gasteiger partial charge < -0.3 is 5.11 Å².